The maximum atomic E-state index is 13.0. The van der Waals surface area contributed by atoms with Gasteiger partial charge in [-0.2, -0.15) is 18.3 Å². The fourth-order valence-electron chi connectivity index (χ4n) is 3.86. The number of imidazole rings is 1. The van der Waals surface area contributed by atoms with Gasteiger partial charge in [-0.3, -0.25) is 13.9 Å². The van der Waals surface area contributed by atoms with Gasteiger partial charge in [-0.1, -0.05) is 30.2 Å². The summed E-state index contributed by atoms with van der Waals surface area (Å²) in [5.41, 5.74) is 3.62. The predicted octanol–water partition coefficient (Wildman–Crippen LogP) is 6.66. The molecule has 1 aromatic carbocycles. The van der Waals surface area contributed by atoms with Crippen molar-refractivity contribution in [1.29, 1.82) is 0 Å². The van der Waals surface area contributed by atoms with Gasteiger partial charge in [0.15, 0.2) is 5.65 Å². The van der Waals surface area contributed by atoms with Gasteiger partial charge in [-0.15, -0.1) is 0 Å². The second-order valence-corrected chi connectivity index (χ2v) is 8.93. The van der Waals surface area contributed by atoms with Crippen LogP contribution in [0.5, 0.6) is 0 Å². The number of pyridine rings is 1. The number of nitrogens with one attached hydrogen (secondary N) is 2. The van der Waals surface area contributed by atoms with E-state index in [1.54, 1.807) is 35.3 Å². The second-order valence-electron chi connectivity index (χ2n) is 8.93. The topological polar surface area (TPSA) is 76.2 Å². The van der Waals surface area contributed by atoms with Gasteiger partial charge in [0, 0.05) is 25.1 Å². The van der Waals surface area contributed by atoms with Crippen LogP contribution < -0.4 is 10.6 Å². The number of halogens is 3. The molecule has 0 atom stereocenters. The highest BCUT2D eigenvalue weighted by molar-refractivity contribution is 5.92. The standard InChI is InChI=1S/C30H27F3N6O/c1-4-5-8-22(16-28(40)37-24-10-6-9-23(17-24)30(31,32)33)15-21(2)12-13-26-19-34-29-27(11-7-14-39(26)29)36-25-18-35-38(3)20-25/h4-11,14-15,17-20,36H,16H2,1-3H3,(H,37,40)/b5-4+,21-15+,22-8+. The van der Waals surface area contributed by atoms with Gasteiger partial charge < -0.3 is 10.6 Å². The number of hydrogen-bond donors (Lipinski definition) is 2. The third kappa shape index (κ3) is 7.29. The second kappa shape index (κ2) is 12.2. The number of hydrogen-bond acceptors (Lipinski definition) is 4. The number of aryl methyl sites for hydroxylation is 1. The highest BCUT2D eigenvalue weighted by atomic mass is 19.4. The van der Waals surface area contributed by atoms with Crippen LogP contribution in [0.1, 0.15) is 31.5 Å². The lowest BCUT2D eigenvalue weighted by atomic mass is 10.1. The summed E-state index contributed by atoms with van der Waals surface area (Å²) in [5.74, 6) is 5.78. The zero-order chi connectivity index (χ0) is 28.7. The van der Waals surface area contributed by atoms with Gasteiger partial charge >= 0.3 is 6.18 Å². The summed E-state index contributed by atoms with van der Waals surface area (Å²) < 4.78 is 42.6. The molecule has 0 aliphatic heterocycles. The lowest BCUT2D eigenvalue weighted by Crippen LogP contribution is -2.13. The smallest absolute Gasteiger partial charge is 0.350 e. The summed E-state index contributed by atoms with van der Waals surface area (Å²) in [4.78, 5) is 17.1. The number of carbonyl (C=O) groups excluding carboxylic acids is 1. The molecule has 1 amide bonds. The minimum absolute atomic E-state index is 0.0431. The SMILES string of the molecule is C/C=C/C=C(\C=C(/C)C#Cc1cnc2c(Nc3cnn(C)c3)cccn12)CC(=O)Nc1cccc(C(F)(F)F)c1. The Bertz CT molecular complexity index is 1680. The molecule has 3 heterocycles. The molecule has 0 saturated carbocycles. The highest BCUT2D eigenvalue weighted by Gasteiger charge is 2.30. The Kier molecular flexibility index (Phi) is 8.54. The van der Waals surface area contributed by atoms with E-state index in [9.17, 15) is 18.0 Å². The first-order chi connectivity index (χ1) is 19.1. The van der Waals surface area contributed by atoms with Crippen LogP contribution in [-0.4, -0.2) is 25.1 Å². The van der Waals surface area contributed by atoms with E-state index in [-0.39, 0.29) is 12.1 Å². The quantitative estimate of drug-likeness (QED) is 0.202. The molecule has 0 unspecified atom stereocenters. The first-order valence-corrected chi connectivity index (χ1v) is 12.3. The van der Waals surface area contributed by atoms with Crippen molar-refractivity contribution in [1.82, 2.24) is 19.2 Å². The molecule has 2 N–H and O–H groups in total. The van der Waals surface area contributed by atoms with Gasteiger partial charge in [0.2, 0.25) is 5.91 Å². The summed E-state index contributed by atoms with van der Waals surface area (Å²) in [6.07, 6.45) is 9.74. The van der Waals surface area contributed by atoms with E-state index in [0.717, 1.165) is 23.5 Å². The summed E-state index contributed by atoms with van der Waals surface area (Å²) >= 11 is 0. The average Bonchev–Trinajstić information content (AvgIpc) is 3.51. The van der Waals surface area contributed by atoms with Crippen molar-refractivity contribution in [3.63, 3.8) is 0 Å². The number of allylic oxidation sites excluding steroid dienone is 5. The Balaban J connectivity index is 1.50. The zero-order valence-electron chi connectivity index (χ0n) is 22.1. The van der Waals surface area contributed by atoms with Crippen molar-refractivity contribution in [2.75, 3.05) is 10.6 Å². The van der Waals surface area contributed by atoms with E-state index in [1.807, 2.05) is 55.9 Å². The molecular weight excluding hydrogens is 517 g/mol. The van der Waals surface area contributed by atoms with Crippen molar-refractivity contribution in [3.8, 4) is 11.8 Å². The number of rotatable bonds is 7. The molecule has 40 heavy (non-hydrogen) atoms. The van der Waals surface area contributed by atoms with Crippen molar-refractivity contribution in [3.05, 3.63) is 108 Å². The molecule has 0 fully saturated rings. The summed E-state index contributed by atoms with van der Waals surface area (Å²) in [7, 11) is 1.84. The maximum Gasteiger partial charge on any atom is 0.416 e. The molecule has 3 aromatic heterocycles. The Morgan fingerprint density at radius 3 is 2.70 bits per heavy atom. The van der Waals surface area contributed by atoms with Crippen LogP contribution in [0.2, 0.25) is 0 Å². The average molecular weight is 545 g/mol. The Labute approximate surface area is 229 Å². The van der Waals surface area contributed by atoms with Crippen LogP contribution in [0.15, 0.2) is 96.6 Å². The van der Waals surface area contributed by atoms with Gasteiger partial charge in [0.05, 0.1) is 35.8 Å². The molecule has 0 saturated heterocycles. The number of carbonyl (C=O) groups is 1. The minimum Gasteiger partial charge on any atom is -0.350 e. The van der Waals surface area contributed by atoms with Crippen LogP contribution in [0.3, 0.4) is 0 Å². The molecule has 0 spiro atoms. The van der Waals surface area contributed by atoms with Gasteiger partial charge in [-0.05, 0) is 67.3 Å². The Morgan fingerprint density at radius 2 is 1.98 bits per heavy atom. The van der Waals surface area contributed by atoms with Crippen LogP contribution in [0.4, 0.5) is 30.2 Å². The first-order valence-electron chi connectivity index (χ1n) is 12.3. The highest BCUT2D eigenvalue weighted by Crippen LogP contribution is 2.30. The number of benzene rings is 1. The van der Waals surface area contributed by atoms with Crippen molar-refractivity contribution >= 4 is 28.6 Å². The minimum atomic E-state index is -4.49. The molecule has 4 rings (SSSR count). The van der Waals surface area contributed by atoms with Gasteiger partial charge in [0.1, 0.15) is 5.69 Å². The fraction of sp³-hybridized carbons (Fsp3) is 0.167. The summed E-state index contributed by atoms with van der Waals surface area (Å²) in [6.45, 7) is 3.66. The lowest BCUT2D eigenvalue weighted by Gasteiger charge is -2.10. The molecule has 10 heteroatoms. The molecule has 0 bridgehead atoms. The zero-order valence-corrected chi connectivity index (χ0v) is 22.1. The maximum absolute atomic E-state index is 13.0. The van der Waals surface area contributed by atoms with Crippen molar-refractivity contribution < 1.29 is 18.0 Å². The molecule has 0 radical (unpaired) electrons. The number of aromatic nitrogens is 4. The van der Waals surface area contributed by atoms with E-state index < -0.39 is 17.6 Å². The number of anilines is 3. The van der Waals surface area contributed by atoms with E-state index in [0.29, 0.717) is 22.5 Å². The lowest BCUT2D eigenvalue weighted by molar-refractivity contribution is -0.137. The largest absolute Gasteiger partial charge is 0.416 e. The number of alkyl halides is 3. The van der Waals surface area contributed by atoms with Crippen LogP contribution in [-0.2, 0) is 18.0 Å². The third-order valence-electron chi connectivity index (χ3n) is 5.65. The molecule has 7 nitrogen and oxygen atoms in total. The number of nitrogens with zero attached hydrogens (tertiary/aromatic N) is 4. The molecular formula is C30H27F3N6O. The number of amides is 1. The molecule has 0 aliphatic rings. The fourth-order valence-corrected chi connectivity index (χ4v) is 3.86. The van der Waals surface area contributed by atoms with E-state index in [1.165, 1.54) is 12.1 Å². The van der Waals surface area contributed by atoms with E-state index in [2.05, 4.69) is 32.6 Å². The monoisotopic (exact) mass is 544 g/mol. The Morgan fingerprint density at radius 1 is 1.15 bits per heavy atom. The van der Waals surface area contributed by atoms with E-state index >= 15 is 0 Å². The van der Waals surface area contributed by atoms with Crippen molar-refractivity contribution in [2.24, 2.45) is 7.05 Å². The third-order valence-corrected chi connectivity index (χ3v) is 5.65. The van der Waals surface area contributed by atoms with Gasteiger partial charge in [0.25, 0.3) is 0 Å². The number of fused-ring (bicyclic) bond motifs is 1. The van der Waals surface area contributed by atoms with Crippen LogP contribution in [0.25, 0.3) is 5.65 Å². The summed E-state index contributed by atoms with van der Waals surface area (Å²) in [6, 6.07) is 8.35. The molecule has 4 aromatic rings. The van der Waals surface area contributed by atoms with E-state index in [4.69, 9.17) is 0 Å². The molecule has 204 valence electrons. The van der Waals surface area contributed by atoms with Crippen LogP contribution in [0, 0.1) is 11.8 Å². The van der Waals surface area contributed by atoms with Crippen molar-refractivity contribution in [2.45, 2.75) is 26.4 Å². The van der Waals surface area contributed by atoms with Crippen LogP contribution >= 0.6 is 0 Å². The normalized spacial score (nSPS) is 12.4. The molecule has 0 aliphatic carbocycles. The Hall–Kier alpha value is -5.04. The predicted molar refractivity (Wildman–Crippen MR) is 150 cm³/mol. The van der Waals surface area contributed by atoms with Gasteiger partial charge in [-0.25, -0.2) is 4.98 Å². The first kappa shape index (κ1) is 28.0. The summed E-state index contributed by atoms with van der Waals surface area (Å²) in [5, 5.41) is 10.0.